The molecule has 0 saturated heterocycles. The summed E-state index contributed by atoms with van der Waals surface area (Å²) < 4.78 is 46.7. The van der Waals surface area contributed by atoms with E-state index >= 15 is 0 Å². The molecule has 2 heterocycles. The van der Waals surface area contributed by atoms with Crippen molar-refractivity contribution in [1.82, 2.24) is 4.98 Å². The van der Waals surface area contributed by atoms with Crippen LogP contribution in [0.3, 0.4) is 0 Å². The number of alkyl halides is 2. The molecule has 8 heteroatoms. The van der Waals surface area contributed by atoms with Crippen LogP contribution < -0.4 is 0 Å². The maximum Gasteiger partial charge on any atom is 0.203 e. The molecule has 2 aliphatic rings. The van der Waals surface area contributed by atoms with Gasteiger partial charge in [-0.1, -0.05) is 6.08 Å². The van der Waals surface area contributed by atoms with Gasteiger partial charge in [-0.15, -0.1) is 11.8 Å². The Kier molecular flexibility index (Phi) is 6.13. The predicted molar refractivity (Wildman–Crippen MR) is 97.7 cm³/mol. The Bertz CT molecular complexity index is 751. The Morgan fingerprint density at radius 1 is 1.23 bits per heavy atom. The van der Waals surface area contributed by atoms with E-state index in [0.29, 0.717) is 12.4 Å². The average molecular weight is 381 g/mol. The van der Waals surface area contributed by atoms with Crippen molar-refractivity contribution >= 4 is 23.5 Å². The second-order valence-electron chi connectivity index (χ2n) is 5.83. The van der Waals surface area contributed by atoms with E-state index < -0.39 is 24.3 Å². The van der Waals surface area contributed by atoms with Crippen molar-refractivity contribution in [2.45, 2.75) is 37.0 Å². The first-order valence-corrected chi connectivity index (χ1v) is 9.15. The maximum atomic E-state index is 14.2. The predicted octanol–water partition coefficient (Wildman–Crippen LogP) is 4.19. The summed E-state index contributed by atoms with van der Waals surface area (Å²) >= 11 is 1.43. The number of allylic oxidation sites excluding steroid dienone is 1. The van der Waals surface area contributed by atoms with Gasteiger partial charge in [-0.05, 0) is 30.5 Å². The van der Waals surface area contributed by atoms with E-state index in [1.54, 1.807) is 24.5 Å². The Morgan fingerprint density at radius 3 is 2.77 bits per heavy atom. The van der Waals surface area contributed by atoms with E-state index in [-0.39, 0.29) is 17.6 Å². The third-order valence-corrected chi connectivity index (χ3v) is 4.90. The molecule has 0 N–H and O–H groups in total. The Morgan fingerprint density at radius 2 is 2.00 bits per heavy atom. The fourth-order valence-corrected chi connectivity index (χ4v) is 3.16. The molecule has 0 fully saturated rings. The summed E-state index contributed by atoms with van der Waals surface area (Å²) in [6.45, 7) is 2.28. The van der Waals surface area contributed by atoms with E-state index in [1.165, 1.54) is 11.8 Å². The van der Waals surface area contributed by atoms with Crippen molar-refractivity contribution < 1.29 is 17.9 Å². The van der Waals surface area contributed by atoms with Crippen LogP contribution in [0.25, 0.3) is 0 Å². The zero-order valence-corrected chi connectivity index (χ0v) is 14.9. The molecule has 0 amide bonds. The number of nitrogens with zero attached hydrogens (tertiary/aromatic N) is 3. The van der Waals surface area contributed by atoms with Crippen molar-refractivity contribution in [1.29, 1.82) is 0 Å². The summed E-state index contributed by atoms with van der Waals surface area (Å²) in [6, 6.07) is 3.52. The van der Waals surface area contributed by atoms with E-state index in [4.69, 9.17) is 4.74 Å². The SMILES string of the molecule is CC1S/C=C\C/N=C(c2ccncc2)\N=C/1OC1CC=C(F)C(F)C1F. The number of ether oxygens (including phenoxy) is 1. The minimum absolute atomic E-state index is 0.0542. The normalized spacial score (nSPS) is 34.8. The molecule has 1 aromatic rings. The molecule has 4 atom stereocenters. The molecule has 26 heavy (non-hydrogen) atoms. The van der Waals surface area contributed by atoms with Crippen LogP contribution in [0.15, 0.2) is 57.9 Å². The molecular formula is C18H18F3N3OS. The number of hydrogen-bond acceptors (Lipinski definition) is 5. The number of pyridine rings is 1. The Labute approximate surface area is 154 Å². The Balaban J connectivity index is 1.90. The van der Waals surface area contributed by atoms with Crippen LogP contribution in [0.1, 0.15) is 18.9 Å². The van der Waals surface area contributed by atoms with Crippen LogP contribution in [-0.2, 0) is 4.74 Å². The minimum Gasteiger partial charge on any atom is -0.473 e. The molecule has 4 nitrogen and oxygen atoms in total. The lowest BCUT2D eigenvalue weighted by atomic mass is 10.00. The fourth-order valence-electron chi connectivity index (χ4n) is 2.50. The van der Waals surface area contributed by atoms with Gasteiger partial charge in [0.05, 0.1) is 11.8 Å². The summed E-state index contributed by atoms with van der Waals surface area (Å²) in [5.74, 6) is -0.433. The molecule has 0 spiro atoms. The van der Waals surface area contributed by atoms with E-state index in [1.807, 2.05) is 18.4 Å². The van der Waals surface area contributed by atoms with Gasteiger partial charge in [0.1, 0.15) is 11.9 Å². The van der Waals surface area contributed by atoms with Gasteiger partial charge in [-0.25, -0.2) is 13.2 Å². The summed E-state index contributed by atoms with van der Waals surface area (Å²) in [5.41, 5.74) is 0.739. The van der Waals surface area contributed by atoms with Gasteiger partial charge >= 0.3 is 0 Å². The minimum atomic E-state index is -2.30. The molecule has 1 aromatic heterocycles. The molecule has 0 aromatic carbocycles. The summed E-state index contributed by atoms with van der Waals surface area (Å²) in [6.07, 6.45) is 0.581. The number of aliphatic imine (C=N–C) groups is 2. The van der Waals surface area contributed by atoms with Crippen LogP contribution in [0.5, 0.6) is 0 Å². The van der Waals surface area contributed by atoms with Gasteiger partial charge in [0.2, 0.25) is 5.90 Å². The first-order chi connectivity index (χ1) is 12.6. The van der Waals surface area contributed by atoms with Crippen molar-refractivity contribution in [3.05, 3.63) is 53.5 Å². The highest BCUT2D eigenvalue weighted by atomic mass is 32.2. The number of rotatable bonds is 2. The molecule has 1 aliphatic heterocycles. The monoisotopic (exact) mass is 381 g/mol. The Hall–Kier alpha value is -2.09. The second kappa shape index (κ2) is 8.53. The molecule has 0 bridgehead atoms. The first kappa shape index (κ1) is 18.7. The molecule has 4 unspecified atom stereocenters. The number of aromatic nitrogens is 1. The van der Waals surface area contributed by atoms with Crippen molar-refractivity contribution in [2.75, 3.05) is 6.54 Å². The zero-order chi connectivity index (χ0) is 18.5. The highest BCUT2D eigenvalue weighted by Gasteiger charge is 2.38. The quantitative estimate of drug-likeness (QED) is 0.772. The largest absolute Gasteiger partial charge is 0.473 e. The van der Waals surface area contributed by atoms with Gasteiger partial charge in [-0.2, -0.15) is 4.99 Å². The lowest BCUT2D eigenvalue weighted by Crippen LogP contribution is -2.39. The average Bonchev–Trinajstić information content (AvgIpc) is 2.74. The van der Waals surface area contributed by atoms with Gasteiger partial charge in [0, 0.05) is 24.4 Å². The molecule has 0 radical (unpaired) electrons. The zero-order valence-electron chi connectivity index (χ0n) is 14.1. The molecule has 3 rings (SSSR count). The summed E-state index contributed by atoms with van der Waals surface area (Å²) in [4.78, 5) is 12.9. The first-order valence-electron chi connectivity index (χ1n) is 8.20. The highest BCUT2D eigenvalue weighted by molar-refractivity contribution is 8.03. The maximum absolute atomic E-state index is 14.2. The van der Waals surface area contributed by atoms with E-state index in [9.17, 15) is 13.2 Å². The van der Waals surface area contributed by atoms with Gasteiger partial charge in [0.25, 0.3) is 0 Å². The number of hydrogen-bond donors (Lipinski definition) is 0. The van der Waals surface area contributed by atoms with Crippen molar-refractivity contribution in [2.24, 2.45) is 9.98 Å². The second-order valence-corrected chi connectivity index (χ2v) is 7.08. The van der Waals surface area contributed by atoms with E-state index in [0.717, 1.165) is 11.6 Å². The number of amidine groups is 1. The summed E-state index contributed by atoms with van der Waals surface area (Å²) in [7, 11) is 0. The van der Waals surface area contributed by atoms with Crippen LogP contribution >= 0.6 is 11.8 Å². The molecular weight excluding hydrogens is 363 g/mol. The molecule has 1 aliphatic carbocycles. The lowest BCUT2D eigenvalue weighted by Gasteiger charge is -2.28. The highest BCUT2D eigenvalue weighted by Crippen LogP contribution is 2.29. The molecule has 138 valence electrons. The van der Waals surface area contributed by atoms with Gasteiger partial charge in [-0.3, -0.25) is 9.98 Å². The van der Waals surface area contributed by atoms with Crippen LogP contribution in [0, 0.1) is 0 Å². The van der Waals surface area contributed by atoms with Crippen LogP contribution in [0.4, 0.5) is 13.2 Å². The lowest BCUT2D eigenvalue weighted by molar-refractivity contribution is 0.0310. The molecule has 0 saturated carbocycles. The van der Waals surface area contributed by atoms with Gasteiger partial charge < -0.3 is 4.74 Å². The smallest absolute Gasteiger partial charge is 0.203 e. The third-order valence-electron chi connectivity index (χ3n) is 3.94. The fraction of sp³-hybridized carbons (Fsp3) is 0.389. The van der Waals surface area contributed by atoms with Crippen LogP contribution in [-0.4, -0.2) is 47.0 Å². The van der Waals surface area contributed by atoms with E-state index in [2.05, 4.69) is 15.0 Å². The third kappa shape index (κ3) is 4.35. The van der Waals surface area contributed by atoms with Crippen molar-refractivity contribution in [3.8, 4) is 0 Å². The van der Waals surface area contributed by atoms with Gasteiger partial charge in [0.15, 0.2) is 18.2 Å². The number of halogens is 3. The standard InChI is InChI=1S/C18H18F3N3OS/c1-11-18(25-14-4-3-13(19)15(20)16(14)21)24-17(23-7-2-10-26-11)12-5-8-22-9-6-12/h2-3,5-6,8-11,14-16H,4,7H2,1H3/b10-2-,23-17-,24-18+. The van der Waals surface area contributed by atoms with Crippen molar-refractivity contribution in [3.63, 3.8) is 0 Å². The van der Waals surface area contributed by atoms with Crippen LogP contribution in [0.2, 0.25) is 0 Å². The topological polar surface area (TPSA) is 46.8 Å². The number of thioether (sulfide) groups is 1. The summed E-state index contributed by atoms with van der Waals surface area (Å²) in [5, 5.41) is 1.63.